The van der Waals surface area contributed by atoms with Gasteiger partial charge in [0.1, 0.15) is 11.4 Å². The molecule has 0 aliphatic heterocycles. The highest BCUT2D eigenvalue weighted by Gasteiger charge is 2.09. The summed E-state index contributed by atoms with van der Waals surface area (Å²) in [6, 6.07) is 16.2. The van der Waals surface area contributed by atoms with Gasteiger partial charge in [-0.05, 0) is 22.3 Å². The quantitative estimate of drug-likeness (QED) is 0.540. The Balaban J connectivity index is 1.54. The van der Waals surface area contributed by atoms with Gasteiger partial charge in [0.25, 0.3) is 0 Å². The van der Waals surface area contributed by atoms with Crippen LogP contribution >= 0.6 is 0 Å². The summed E-state index contributed by atoms with van der Waals surface area (Å²) >= 11 is 0. The largest absolute Gasteiger partial charge is 0.345 e. The summed E-state index contributed by atoms with van der Waals surface area (Å²) < 4.78 is 9.53. The fourth-order valence-electron chi connectivity index (χ4n) is 2.62. The van der Waals surface area contributed by atoms with Crippen LogP contribution in [0.3, 0.4) is 0 Å². The highest BCUT2D eigenvalue weighted by atomic mass is 16.5. The third-order valence-electron chi connectivity index (χ3n) is 4.14. The summed E-state index contributed by atoms with van der Waals surface area (Å²) in [4.78, 5) is 0. The van der Waals surface area contributed by atoms with Crippen molar-refractivity contribution in [1.82, 2.24) is 20.7 Å². The van der Waals surface area contributed by atoms with Gasteiger partial charge in [-0.3, -0.25) is 0 Å². The molecule has 26 heavy (non-hydrogen) atoms. The Bertz CT molecular complexity index is 945. The summed E-state index contributed by atoms with van der Waals surface area (Å²) in [5, 5.41) is 14.7. The van der Waals surface area contributed by atoms with E-state index in [-0.39, 0.29) is 0 Å². The van der Waals surface area contributed by atoms with E-state index >= 15 is 0 Å². The lowest BCUT2D eigenvalue weighted by Gasteiger charge is -2.07. The van der Waals surface area contributed by atoms with Crippen LogP contribution < -0.4 is 0 Å². The van der Waals surface area contributed by atoms with Crippen LogP contribution in [-0.4, -0.2) is 20.7 Å². The normalized spacial score (nSPS) is 10.6. The Morgan fingerprint density at radius 1 is 0.615 bits per heavy atom. The summed E-state index contributed by atoms with van der Waals surface area (Å²) in [6.07, 6.45) is 2.96. The number of hydrogen-bond donors (Lipinski definition) is 0. The molecule has 0 spiro atoms. The molecule has 0 bridgehead atoms. The van der Waals surface area contributed by atoms with E-state index in [1.807, 2.05) is 48.5 Å². The van der Waals surface area contributed by atoms with Crippen molar-refractivity contribution in [3.8, 4) is 11.1 Å². The van der Waals surface area contributed by atoms with Gasteiger partial charge in [-0.1, -0.05) is 61.7 Å². The van der Waals surface area contributed by atoms with Crippen molar-refractivity contribution >= 4 is 11.1 Å². The molecule has 4 rings (SSSR count). The topological polar surface area (TPSA) is 77.8 Å². The molecule has 0 N–H and O–H groups in total. The third-order valence-corrected chi connectivity index (χ3v) is 4.14. The molecule has 0 saturated heterocycles. The monoisotopic (exact) mass is 342 g/mol. The molecule has 0 amide bonds. The average Bonchev–Trinajstić information content (AvgIpc) is 3.41. The first-order valence-corrected chi connectivity index (χ1v) is 7.86. The van der Waals surface area contributed by atoms with E-state index < -0.39 is 0 Å². The standard InChI is InChI=1S/C20H14N4O2/c1-13(19-11-25-23-21-19)15-3-7-17(8-4-15)18-9-5-16(6-10-18)14(2)20-12-26-24-22-20/h3-12H,1-2H2. The van der Waals surface area contributed by atoms with E-state index in [0.29, 0.717) is 11.4 Å². The van der Waals surface area contributed by atoms with E-state index in [4.69, 9.17) is 9.05 Å². The van der Waals surface area contributed by atoms with E-state index in [1.54, 1.807) is 0 Å². The molecular formula is C20H14N4O2. The van der Waals surface area contributed by atoms with Crippen LogP contribution in [0.4, 0.5) is 0 Å². The maximum Gasteiger partial charge on any atom is 0.152 e. The van der Waals surface area contributed by atoms with E-state index in [9.17, 15) is 0 Å². The van der Waals surface area contributed by atoms with Gasteiger partial charge in [0.15, 0.2) is 12.5 Å². The van der Waals surface area contributed by atoms with E-state index in [1.165, 1.54) is 12.5 Å². The second kappa shape index (κ2) is 6.60. The Morgan fingerprint density at radius 2 is 1.00 bits per heavy atom. The van der Waals surface area contributed by atoms with Gasteiger partial charge in [0.2, 0.25) is 0 Å². The number of aromatic nitrogens is 4. The number of benzene rings is 2. The molecule has 2 heterocycles. The zero-order valence-electron chi connectivity index (χ0n) is 13.8. The molecule has 0 fully saturated rings. The van der Waals surface area contributed by atoms with Crippen molar-refractivity contribution in [3.05, 3.63) is 96.7 Å². The minimum atomic E-state index is 0.628. The minimum absolute atomic E-state index is 0.628. The van der Waals surface area contributed by atoms with Gasteiger partial charge in [0.05, 0.1) is 0 Å². The zero-order valence-corrected chi connectivity index (χ0v) is 13.8. The molecule has 6 heteroatoms. The molecule has 0 saturated carbocycles. The van der Waals surface area contributed by atoms with Gasteiger partial charge >= 0.3 is 0 Å². The molecule has 126 valence electrons. The Morgan fingerprint density at radius 3 is 1.31 bits per heavy atom. The fraction of sp³-hybridized carbons (Fsp3) is 0. The van der Waals surface area contributed by atoms with Crippen molar-refractivity contribution in [2.24, 2.45) is 0 Å². The summed E-state index contributed by atoms with van der Waals surface area (Å²) in [7, 11) is 0. The van der Waals surface area contributed by atoms with Crippen molar-refractivity contribution in [2.75, 3.05) is 0 Å². The first kappa shape index (κ1) is 15.7. The first-order valence-electron chi connectivity index (χ1n) is 7.86. The van der Waals surface area contributed by atoms with Gasteiger partial charge in [-0.15, -0.1) is 10.2 Å². The summed E-state index contributed by atoms with van der Waals surface area (Å²) in [5.41, 5.74) is 6.92. The number of hydrogen-bond acceptors (Lipinski definition) is 6. The van der Waals surface area contributed by atoms with Crippen LogP contribution in [-0.2, 0) is 0 Å². The van der Waals surface area contributed by atoms with Gasteiger partial charge in [0, 0.05) is 21.7 Å². The highest BCUT2D eigenvalue weighted by molar-refractivity contribution is 5.79. The summed E-state index contributed by atoms with van der Waals surface area (Å²) in [5.74, 6) is 0. The molecule has 6 nitrogen and oxygen atoms in total. The Hall–Kier alpha value is -3.80. The first-order chi connectivity index (χ1) is 12.7. The molecule has 2 aromatic carbocycles. The van der Waals surface area contributed by atoms with Crippen LogP contribution in [0.5, 0.6) is 0 Å². The fourth-order valence-corrected chi connectivity index (χ4v) is 2.62. The lowest BCUT2D eigenvalue weighted by molar-refractivity contribution is 0.392. The van der Waals surface area contributed by atoms with Crippen molar-refractivity contribution in [2.45, 2.75) is 0 Å². The second-order valence-corrected chi connectivity index (χ2v) is 5.69. The molecule has 0 radical (unpaired) electrons. The van der Waals surface area contributed by atoms with E-state index in [0.717, 1.165) is 33.4 Å². The minimum Gasteiger partial charge on any atom is -0.345 e. The van der Waals surface area contributed by atoms with Crippen LogP contribution in [0, 0.1) is 0 Å². The van der Waals surface area contributed by atoms with Gasteiger partial charge in [-0.25, -0.2) is 0 Å². The van der Waals surface area contributed by atoms with Crippen LogP contribution in [0.1, 0.15) is 22.5 Å². The molecule has 0 atom stereocenters. The number of nitrogens with zero attached hydrogens (tertiary/aromatic N) is 4. The molecule has 0 aliphatic rings. The third kappa shape index (κ3) is 2.95. The molecule has 4 aromatic rings. The lowest BCUT2D eigenvalue weighted by Crippen LogP contribution is -1.89. The van der Waals surface area contributed by atoms with Crippen molar-refractivity contribution in [1.29, 1.82) is 0 Å². The van der Waals surface area contributed by atoms with Crippen LogP contribution in [0.2, 0.25) is 0 Å². The van der Waals surface area contributed by atoms with Crippen molar-refractivity contribution < 1.29 is 9.05 Å². The number of rotatable bonds is 5. The van der Waals surface area contributed by atoms with Gasteiger partial charge < -0.3 is 9.05 Å². The molecule has 2 aromatic heterocycles. The molecule has 0 aliphatic carbocycles. The van der Waals surface area contributed by atoms with E-state index in [2.05, 4.69) is 33.9 Å². The average molecular weight is 342 g/mol. The Labute approximate surface area is 149 Å². The van der Waals surface area contributed by atoms with Crippen LogP contribution in [0.15, 0.2) is 83.3 Å². The maximum absolute atomic E-state index is 4.76. The molecular weight excluding hydrogens is 328 g/mol. The maximum atomic E-state index is 4.76. The molecule has 0 unspecified atom stereocenters. The smallest absolute Gasteiger partial charge is 0.152 e. The SMILES string of the molecule is C=C(c1ccc(-c2ccc(C(=C)c3conn3)cc2)cc1)c1conn1. The zero-order chi connectivity index (χ0) is 17.9. The second-order valence-electron chi connectivity index (χ2n) is 5.69. The summed E-state index contributed by atoms with van der Waals surface area (Å²) in [6.45, 7) is 8.07. The predicted molar refractivity (Wildman–Crippen MR) is 96.7 cm³/mol. The Kier molecular flexibility index (Phi) is 3.99. The highest BCUT2D eigenvalue weighted by Crippen LogP contribution is 2.27. The van der Waals surface area contributed by atoms with Crippen molar-refractivity contribution in [3.63, 3.8) is 0 Å². The van der Waals surface area contributed by atoms with Crippen LogP contribution in [0.25, 0.3) is 22.3 Å². The predicted octanol–water partition coefficient (Wildman–Crippen LogP) is 4.24. The lowest BCUT2D eigenvalue weighted by atomic mass is 9.97. The van der Waals surface area contributed by atoms with Gasteiger partial charge in [-0.2, -0.15) is 0 Å².